The first-order chi connectivity index (χ1) is 45.1. The molecule has 0 N–H and O–H groups in total. The number of hydrogen-bond acceptors (Lipinski definition) is 18. The monoisotopic (exact) mass is 1350 g/mol. The van der Waals surface area contributed by atoms with E-state index in [0.29, 0.717) is 0 Å². The van der Waals surface area contributed by atoms with E-state index in [1.165, 1.54) is 22.3 Å². The van der Waals surface area contributed by atoms with Crippen LogP contribution in [0.2, 0.25) is 0 Å². The molecule has 0 atom stereocenters. The predicted molar refractivity (Wildman–Crippen MR) is 400 cm³/mol. The molecule has 0 fully saturated rings. The maximum absolute atomic E-state index is 4.83. The fourth-order valence-electron chi connectivity index (χ4n) is 4.48. The van der Waals surface area contributed by atoms with E-state index in [1.807, 2.05) is 333 Å². The average Bonchev–Trinajstić information content (AvgIpc) is 4.42. The Morgan fingerprint density at radius 2 is 0.925 bits per heavy atom. The van der Waals surface area contributed by atoms with Gasteiger partial charge in [-0.15, -0.1) is 45.3 Å². The lowest BCUT2D eigenvalue weighted by Gasteiger charge is -1.82. The van der Waals surface area contributed by atoms with Crippen LogP contribution in [-0.4, -0.2) is 78.9 Å². The molecule has 0 aromatic carbocycles. The summed E-state index contributed by atoms with van der Waals surface area (Å²) in [4.78, 5) is 32.3. The van der Waals surface area contributed by atoms with Gasteiger partial charge in [-0.25, -0.2) is 4.98 Å². The minimum Gasteiger partial charge on any atom is -0.470 e. The smallest absolute Gasteiger partial charge is 0.137 e. The van der Waals surface area contributed by atoms with Gasteiger partial charge in [0.15, 0.2) is 0 Å². The molecular weight excluding hydrogens is 1240 g/mol. The maximum Gasteiger partial charge on any atom is 0.137 e. The Morgan fingerprint density at radius 1 is 0.387 bits per heavy atom. The SMILES string of the molecule is CC.CC.CC.CC.CC.CC.Cc1ccccn1.Cc1cccnc1.Cc1cccnc1.Cc1ccco1.Cc1ccno1.Cc1cncs1.Cc1cscn1.Cc1cscn1.Cc1nccs1.Cn1cccc1.Cn1cccn1.Cn1cccn1.Cn1cncn1. The molecule has 0 spiro atoms. The van der Waals surface area contributed by atoms with E-state index >= 15 is 0 Å². The van der Waals surface area contributed by atoms with E-state index < -0.39 is 0 Å². The molecule has 0 amide bonds. The summed E-state index contributed by atoms with van der Waals surface area (Å²) >= 11 is 6.59. The second-order valence-electron chi connectivity index (χ2n) is 16.1. The third-order valence-electron chi connectivity index (χ3n) is 8.45. The fourth-order valence-corrected chi connectivity index (χ4v) is 6.42. The zero-order valence-corrected chi connectivity index (χ0v) is 63.7. The van der Waals surface area contributed by atoms with Crippen molar-refractivity contribution >= 4 is 45.3 Å². The highest BCUT2D eigenvalue weighted by atomic mass is 32.1. The number of nitrogens with zero attached hydrogens (tertiary/aromatic N) is 16. The summed E-state index contributed by atoms with van der Waals surface area (Å²) in [5.74, 6) is 1.82. The number of thiazole rings is 4. The Kier molecular flexibility index (Phi) is 79.6. The van der Waals surface area contributed by atoms with Crippen LogP contribution in [0.1, 0.15) is 133 Å². The quantitative estimate of drug-likeness (QED) is 0.139. The summed E-state index contributed by atoms with van der Waals surface area (Å²) in [6, 6.07) is 27.1. The van der Waals surface area contributed by atoms with Gasteiger partial charge in [0.05, 0.1) is 34.0 Å². The molecule has 93 heavy (non-hydrogen) atoms. The van der Waals surface area contributed by atoms with Crippen LogP contribution in [0, 0.1) is 62.3 Å². The van der Waals surface area contributed by atoms with Gasteiger partial charge < -0.3 is 13.5 Å². The highest BCUT2D eigenvalue weighted by Crippen LogP contribution is 2.01. The van der Waals surface area contributed by atoms with Crippen molar-refractivity contribution in [3.63, 3.8) is 0 Å². The molecule has 13 aromatic rings. The number of hydrogen-bond donors (Lipinski definition) is 0. The van der Waals surface area contributed by atoms with Gasteiger partial charge in [0.2, 0.25) is 0 Å². The third-order valence-corrected chi connectivity index (χ3v) is 11.3. The van der Waals surface area contributed by atoms with Crippen LogP contribution in [0.25, 0.3) is 0 Å². The zero-order chi connectivity index (χ0) is 71.4. The summed E-state index contributed by atoms with van der Waals surface area (Å²) in [6.07, 6.45) is 30.4. The van der Waals surface area contributed by atoms with Gasteiger partial charge in [0, 0.05) is 153 Å². The van der Waals surface area contributed by atoms with E-state index in [0.717, 1.165) is 33.6 Å². The summed E-state index contributed by atoms with van der Waals surface area (Å²) in [5, 5.41) is 22.0. The molecule has 0 unspecified atom stereocenters. The first-order valence-corrected chi connectivity index (χ1v) is 34.4. The molecule has 13 aromatic heterocycles. The van der Waals surface area contributed by atoms with Crippen molar-refractivity contribution in [1.82, 2.24) is 78.9 Å². The molecule has 13 rings (SSSR count). The topological polar surface area (TPSA) is 201 Å². The number of furan rings is 1. The summed E-state index contributed by atoms with van der Waals surface area (Å²) in [7, 11) is 7.60. The second kappa shape index (κ2) is 77.5. The fraction of sp³-hybridized carbons (Fsp3) is 0.352. The van der Waals surface area contributed by atoms with Gasteiger partial charge >= 0.3 is 0 Å². The van der Waals surface area contributed by atoms with E-state index in [4.69, 9.17) is 4.42 Å². The van der Waals surface area contributed by atoms with Crippen molar-refractivity contribution in [2.24, 2.45) is 28.2 Å². The molecule has 512 valence electrons. The van der Waals surface area contributed by atoms with Crippen molar-refractivity contribution in [2.75, 3.05) is 0 Å². The van der Waals surface area contributed by atoms with Crippen molar-refractivity contribution in [3.8, 4) is 0 Å². The van der Waals surface area contributed by atoms with Gasteiger partial charge in [-0.2, -0.15) is 15.3 Å². The maximum atomic E-state index is 4.83. The summed E-state index contributed by atoms with van der Waals surface area (Å²) in [5.41, 5.74) is 11.2. The molecule has 0 aliphatic rings. The largest absolute Gasteiger partial charge is 0.470 e. The van der Waals surface area contributed by atoms with Crippen molar-refractivity contribution in [3.05, 3.63) is 273 Å². The normalized spacial score (nSPS) is 8.05. The number of rotatable bonds is 0. The van der Waals surface area contributed by atoms with Crippen molar-refractivity contribution in [2.45, 2.75) is 145 Å². The van der Waals surface area contributed by atoms with Crippen LogP contribution in [0.4, 0.5) is 0 Å². The van der Waals surface area contributed by atoms with Gasteiger partial charge in [-0.3, -0.25) is 48.9 Å². The molecule has 18 nitrogen and oxygen atoms in total. The Balaban J connectivity index is -0.000000217. The molecule has 22 heteroatoms. The molecule has 0 saturated heterocycles. The molecule has 0 bridgehead atoms. The molecule has 0 aliphatic heterocycles. The standard InChI is InChI=1S/3C6H7N.C5H7N.C5H6O.2C4H6N2.C4H5NO.4C4H5NS.C3H5N3.6C2H6/c2*1-6-3-2-4-7-5-6;1-6-4-2-3-5-7-6;1-6-4-2-3-5-6;1-5-3-2-4-6-5;2*1-6-4-2-3-5-6;1-4-2-3-5-6-4;2*1-4-2-6-3-5-4;1-4-2-5-3-6-4;1-4-5-2-3-6-4;1-6-3-4-2-5-6;6*1-2/h3*2-5H,1H3;2-5H,1H3;3*2-4H,1H3;6*2-3H,1H3;6*1-2H3. The highest BCUT2D eigenvalue weighted by molar-refractivity contribution is 7.09. The minimum absolute atomic E-state index is 0.856. The summed E-state index contributed by atoms with van der Waals surface area (Å²) in [6.45, 7) is 41.8. The molecular formula is C71H112N16O2S4. The first kappa shape index (κ1) is 95.4. The zero-order valence-electron chi connectivity index (χ0n) is 60.5. The van der Waals surface area contributed by atoms with E-state index in [2.05, 4.69) is 64.8 Å². The van der Waals surface area contributed by atoms with E-state index in [1.54, 1.807) is 121 Å². The number of aromatic nitrogens is 16. The van der Waals surface area contributed by atoms with Crippen LogP contribution in [0.5, 0.6) is 0 Å². The van der Waals surface area contributed by atoms with Crippen LogP contribution in [-0.2, 0) is 28.2 Å². The second-order valence-corrected chi connectivity index (χ2v) is 19.7. The van der Waals surface area contributed by atoms with Gasteiger partial charge in [-0.05, 0) is 134 Å². The Hall–Kier alpha value is -8.70. The highest BCUT2D eigenvalue weighted by Gasteiger charge is 1.81. The minimum atomic E-state index is 0.856. The van der Waals surface area contributed by atoms with Crippen LogP contribution < -0.4 is 0 Å². The van der Waals surface area contributed by atoms with E-state index in [9.17, 15) is 0 Å². The van der Waals surface area contributed by atoms with Gasteiger partial charge in [0.25, 0.3) is 0 Å². The Bertz CT molecular complexity index is 2510. The number of aryl methyl sites for hydroxylation is 13. The predicted octanol–water partition coefficient (Wildman–Crippen LogP) is 20.4. The van der Waals surface area contributed by atoms with Crippen LogP contribution in [0.15, 0.2) is 232 Å². The molecule has 13 heterocycles. The molecule has 0 radical (unpaired) electrons. The van der Waals surface area contributed by atoms with Crippen LogP contribution >= 0.6 is 45.3 Å². The summed E-state index contributed by atoms with van der Waals surface area (Å²) < 4.78 is 16.6. The van der Waals surface area contributed by atoms with E-state index in [-0.39, 0.29) is 0 Å². The van der Waals surface area contributed by atoms with Crippen LogP contribution in [0.3, 0.4) is 0 Å². The Morgan fingerprint density at radius 3 is 1.05 bits per heavy atom. The third kappa shape index (κ3) is 75.7. The van der Waals surface area contributed by atoms with Gasteiger partial charge in [-0.1, -0.05) is 106 Å². The number of pyridine rings is 3. The Labute approximate surface area is 576 Å². The lowest BCUT2D eigenvalue weighted by atomic mass is 10.3. The average molecular weight is 1350 g/mol. The molecule has 0 saturated carbocycles. The lowest BCUT2D eigenvalue weighted by molar-refractivity contribution is 0.397. The molecule has 0 aliphatic carbocycles. The lowest BCUT2D eigenvalue weighted by Crippen LogP contribution is -1.83. The van der Waals surface area contributed by atoms with Crippen molar-refractivity contribution in [1.29, 1.82) is 0 Å². The van der Waals surface area contributed by atoms with Crippen molar-refractivity contribution < 1.29 is 8.94 Å². The van der Waals surface area contributed by atoms with Gasteiger partial charge in [0.1, 0.15) is 24.2 Å². The first-order valence-electron chi connectivity index (χ1n) is 30.7.